The summed E-state index contributed by atoms with van der Waals surface area (Å²) in [5.41, 5.74) is 4.93. The molecule has 1 heterocycles. The second-order valence-electron chi connectivity index (χ2n) is 4.62. The molecule has 0 spiro atoms. The molecule has 96 valence electrons. The Labute approximate surface area is 115 Å². The number of aryl methyl sites for hydroxylation is 1. The van der Waals surface area contributed by atoms with E-state index < -0.39 is 0 Å². The summed E-state index contributed by atoms with van der Waals surface area (Å²) < 4.78 is 2.24. The predicted molar refractivity (Wildman–Crippen MR) is 82.7 cm³/mol. The van der Waals surface area contributed by atoms with Crippen molar-refractivity contribution >= 4 is 16.5 Å². The zero-order valence-electron chi connectivity index (χ0n) is 11.9. The SMILES string of the molecule is C=CC=C(C)C(=CC)c1ccc2ccccc2[n+]1C. The molecule has 0 N–H and O–H groups in total. The van der Waals surface area contributed by atoms with Crippen LogP contribution < -0.4 is 4.57 Å². The van der Waals surface area contributed by atoms with Crippen LogP contribution in [0.15, 0.2) is 66.8 Å². The van der Waals surface area contributed by atoms with E-state index in [9.17, 15) is 0 Å². The van der Waals surface area contributed by atoms with Crippen molar-refractivity contribution in [3.63, 3.8) is 0 Å². The molecule has 1 nitrogen and oxygen atoms in total. The van der Waals surface area contributed by atoms with Crippen LogP contribution in [-0.2, 0) is 7.05 Å². The number of aromatic nitrogens is 1. The average Bonchev–Trinajstić information content (AvgIpc) is 2.43. The fraction of sp³-hybridized carbons (Fsp3) is 0.167. The van der Waals surface area contributed by atoms with Crippen molar-refractivity contribution in [3.8, 4) is 0 Å². The number of hydrogen-bond acceptors (Lipinski definition) is 0. The van der Waals surface area contributed by atoms with E-state index in [4.69, 9.17) is 0 Å². The molecule has 0 saturated heterocycles. The van der Waals surface area contributed by atoms with Gasteiger partial charge in [0.2, 0.25) is 11.2 Å². The molecule has 0 saturated carbocycles. The van der Waals surface area contributed by atoms with E-state index in [1.807, 2.05) is 12.2 Å². The molecule has 0 atom stereocenters. The van der Waals surface area contributed by atoms with Crippen molar-refractivity contribution in [3.05, 3.63) is 72.5 Å². The lowest BCUT2D eigenvalue weighted by atomic mass is 10.0. The van der Waals surface area contributed by atoms with Gasteiger partial charge in [-0.05, 0) is 31.6 Å². The Kier molecular flexibility index (Phi) is 3.96. The van der Waals surface area contributed by atoms with Crippen molar-refractivity contribution in [1.82, 2.24) is 0 Å². The molecular weight excluding hydrogens is 230 g/mol. The highest BCUT2D eigenvalue weighted by atomic mass is 14.9. The van der Waals surface area contributed by atoms with Crippen LogP contribution in [-0.4, -0.2) is 0 Å². The van der Waals surface area contributed by atoms with Gasteiger partial charge in [-0.3, -0.25) is 0 Å². The van der Waals surface area contributed by atoms with Gasteiger partial charge in [0.05, 0.1) is 0 Å². The van der Waals surface area contributed by atoms with Gasteiger partial charge >= 0.3 is 0 Å². The van der Waals surface area contributed by atoms with E-state index in [2.05, 4.69) is 74.5 Å². The number of benzene rings is 1. The molecular formula is C18H20N+. The van der Waals surface area contributed by atoms with Crippen LogP contribution >= 0.6 is 0 Å². The molecule has 0 amide bonds. The van der Waals surface area contributed by atoms with Crippen LogP contribution in [0.25, 0.3) is 16.5 Å². The van der Waals surface area contributed by atoms with Gasteiger partial charge in [0.1, 0.15) is 7.05 Å². The van der Waals surface area contributed by atoms with Crippen molar-refractivity contribution in [2.45, 2.75) is 13.8 Å². The number of allylic oxidation sites excluding steroid dienone is 5. The first-order valence-corrected chi connectivity index (χ1v) is 6.53. The molecule has 0 aliphatic heterocycles. The molecule has 0 aliphatic rings. The number of hydrogen-bond donors (Lipinski definition) is 0. The topological polar surface area (TPSA) is 3.88 Å². The molecule has 0 fully saturated rings. The van der Waals surface area contributed by atoms with E-state index in [0.717, 1.165) is 0 Å². The maximum absolute atomic E-state index is 3.77. The molecule has 2 aromatic rings. The zero-order valence-corrected chi connectivity index (χ0v) is 11.9. The maximum atomic E-state index is 3.77. The number of nitrogens with zero attached hydrogens (tertiary/aromatic N) is 1. The van der Waals surface area contributed by atoms with Crippen molar-refractivity contribution in [2.75, 3.05) is 0 Å². The second-order valence-corrected chi connectivity index (χ2v) is 4.62. The van der Waals surface area contributed by atoms with Gasteiger partial charge in [-0.1, -0.05) is 36.9 Å². The van der Waals surface area contributed by atoms with Crippen LogP contribution in [0.1, 0.15) is 19.5 Å². The fourth-order valence-electron chi connectivity index (χ4n) is 2.46. The molecule has 1 aromatic carbocycles. The largest absolute Gasteiger partial charge is 0.212 e. The highest BCUT2D eigenvalue weighted by Gasteiger charge is 2.15. The monoisotopic (exact) mass is 250 g/mol. The quantitative estimate of drug-likeness (QED) is 0.568. The normalized spacial score (nSPS) is 12.8. The Morgan fingerprint density at radius 3 is 2.58 bits per heavy atom. The molecule has 0 unspecified atom stereocenters. The van der Waals surface area contributed by atoms with Crippen molar-refractivity contribution in [1.29, 1.82) is 0 Å². The van der Waals surface area contributed by atoms with Crippen LogP contribution in [0.4, 0.5) is 0 Å². The van der Waals surface area contributed by atoms with Gasteiger partial charge in [0.15, 0.2) is 0 Å². The Hall–Kier alpha value is -2.15. The van der Waals surface area contributed by atoms with E-state index in [1.165, 1.54) is 27.7 Å². The molecule has 19 heavy (non-hydrogen) atoms. The highest BCUT2D eigenvalue weighted by molar-refractivity contribution is 5.80. The third kappa shape index (κ3) is 2.50. The van der Waals surface area contributed by atoms with E-state index in [0.29, 0.717) is 0 Å². The third-order valence-corrected chi connectivity index (χ3v) is 3.44. The summed E-state index contributed by atoms with van der Waals surface area (Å²) in [6, 6.07) is 12.8. The molecule has 1 heteroatoms. The summed E-state index contributed by atoms with van der Waals surface area (Å²) in [5, 5.41) is 1.26. The van der Waals surface area contributed by atoms with Gasteiger partial charge in [0.25, 0.3) is 0 Å². The van der Waals surface area contributed by atoms with Crippen molar-refractivity contribution in [2.24, 2.45) is 7.05 Å². The van der Waals surface area contributed by atoms with E-state index >= 15 is 0 Å². The minimum atomic E-state index is 1.22. The summed E-state index contributed by atoms with van der Waals surface area (Å²) in [4.78, 5) is 0. The summed E-state index contributed by atoms with van der Waals surface area (Å²) in [6.07, 6.45) is 6.03. The third-order valence-electron chi connectivity index (χ3n) is 3.44. The van der Waals surface area contributed by atoms with Crippen LogP contribution in [0.2, 0.25) is 0 Å². The van der Waals surface area contributed by atoms with Gasteiger partial charge in [-0.15, -0.1) is 0 Å². The van der Waals surface area contributed by atoms with Crippen molar-refractivity contribution < 1.29 is 4.57 Å². The average molecular weight is 250 g/mol. The number of fused-ring (bicyclic) bond motifs is 1. The van der Waals surface area contributed by atoms with Crippen LogP contribution in [0.3, 0.4) is 0 Å². The standard InChI is InChI=1S/C18H20N/c1-5-9-14(3)16(6-2)18-13-12-15-10-7-8-11-17(15)19(18)4/h5-13H,1H2,2-4H3/q+1. The summed E-state index contributed by atoms with van der Waals surface area (Å²) in [7, 11) is 2.11. The number of rotatable bonds is 3. The summed E-state index contributed by atoms with van der Waals surface area (Å²) in [5.74, 6) is 0. The van der Waals surface area contributed by atoms with Gasteiger partial charge < -0.3 is 0 Å². The molecule has 1 aromatic heterocycles. The lowest BCUT2D eigenvalue weighted by Gasteiger charge is -2.07. The molecule has 0 bridgehead atoms. The number of para-hydroxylation sites is 1. The lowest BCUT2D eigenvalue weighted by Crippen LogP contribution is -2.34. The minimum Gasteiger partial charge on any atom is -0.194 e. The molecule has 0 aliphatic carbocycles. The smallest absolute Gasteiger partial charge is 0.194 e. The summed E-state index contributed by atoms with van der Waals surface area (Å²) >= 11 is 0. The van der Waals surface area contributed by atoms with Gasteiger partial charge in [0, 0.05) is 23.1 Å². The maximum Gasteiger partial charge on any atom is 0.212 e. The Balaban J connectivity index is 2.66. The predicted octanol–water partition coefficient (Wildman–Crippen LogP) is 4.20. The highest BCUT2D eigenvalue weighted by Crippen LogP contribution is 2.22. The van der Waals surface area contributed by atoms with Crippen LogP contribution in [0, 0.1) is 0 Å². The minimum absolute atomic E-state index is 1.22. The molecule has 2 rings (SSSR count). The zero-order chi connectivity index (χ0) is 13.8. The first-order valence-electron chi connectivity index (χ1n) is 6.53. The lowest BCUT2D eigenvalue weighted by molar-refractivity contribution is -0.647. The van der Waals surface area contributed by atoms with Gasteiger partial charge in [-0.25, -0.2) is 0 Å². The Morgan fingerprint density at radius 2 is 1.89 bits per heavy atom. The fourth-order valence-corrected chi connectivity index (χ4v) is 2.46. The number of pyridine rings is 1. The Bertz CT molecular complexity index is 675. The summed E-state index contributed by atoms with van der Waals surface area (Å²) in [6.45, 7) is 7.96. The Morgan fingerprint density at radius 1 is 1.16 bits per heavy atom. The first-order chi connectivity index (χ1) is 9.19. The van der Waals surface area contributed by atoms with E-state index in [1.54, 1.807) is 0 Å². The molecule has 0 radical (unpaired) electrons. The second kappa shape index (κ2) is 5.66. The van der Waals surface area contributed by atoms with E-state index in [-0.39, 0.29) is 0 Å². The first kappa shape index (κ1) is 13.3. The van der Waals surface area contributed by atoms with Crippen LogP contribution in [0.5, 0.6) is 0 Å². The van der Waals surface area contributed by atoms with Gasteiger partial charge in [-0.2, -0.15) is 4.57 Å².